The molecule has 3 rings (SSSR count). The first-order valence-corrected chi connectivity index (χ1v) is 9.08. The molecule has 0 bridgehead atoms. The minimum absolute atomic E-state index is 0.0744. The number of hydrogen-bond acceptors (Lipinski definition) is 5. The average Bonchev–Trinajstić information content (AvgIpc) is 2.72. The van der Waals surface area contributed by atoms with Crippen LogP contribution in [0, 0.1) is 12.7 Å². The Morgan fingerprint density at radius 2 is 1.97 bits per heavy atom. The number of aryl methyl sites for hydroxylation is 1. The Morgan fingerprint density at radius 3 is 2.66 bits per heavy atom. The molecule has 0 saturated carbocycles. The molecule has 1 fully saturated rings. The molecule has 0 spiro atoms. The molecule has 2 amide bonds. The molecule has 29 heavy (non-hydrogen) atoms. The van der Waals surface area contributed by atoms with Crippen molar-refractivity contribution in [2.24, 2.45) is 0 Å². The third kappa shape index (κ3) is 4.65. The highest BCUT2D eigenvalue weighted by atomic mass is 19.1. The molecule has 1 atom stereocenters. The summed E-state index contributed by atoms with van der Waals surface area (Å²) in [5.74, 6) is 0.0688. The maximum absolute atomic E-state index is 13.5. The normalized spacial score (nSPS) is 16.5. The van der Waals surface area contributed by atoms with E-state index >= 15 is 0 Å². The standard InChI is InChI=1S/C21H23FN2O5/c1-13-8-15(5-6-16(13)22)23-21(26)17-11-29-12-20(25)24(17)10-14-4-7-18(27-2)19(9-14)28-3/h4-9,17H,10-12H2,1-3H3,(H,23,26)/t17-/m0/s1. The number of ether oxygens (including phenoxy) is 3. The van der Waals surface area contributed by atoms with E-state index in [1.54, 1.807) is 26.2 Å². The fraction of sp³-hybridized carbons (Fsp3) is 0.333. The third-order valence-electron chi connectivity index (χ3n) is 4.73. The predicted octanol–water partition coefficient (Wildman–Crippen LogP) is 2.52. The molecule has 0 radical (unpaired) electrons. The van der Waals surface area contributed by atoms with E-state index in [2.05, 4.69) is 5.32 Å². The zero-order valence-electron chi connectivity index (χ0n) is 16.5. The summed E-state index contributed by atoms with van der Waals surface area (Å²) in [6, 6.07) is 8.81. The van der Waals surface area contributed by atoms with E-state index in [1.165, 1.54) is 30.2 Å². The van der Waals surface area contributed by atoms with Crippen molar-refractivity contribution >= 4 is 17.5 Å². The van der Waals surface area contributed by atoms with Gasteiger partial charge in [0.25, 0.3) is 0 Å². The van der Waals surface area contributed by atoms with E-state index in [4.69, 9.17) is 14.2 Å². The van der Waals surface area contributed by atoms with Gasteiger partial charge in [-0.2, -0.15) is 0 Å². The van der Waals surface area contributed by atoms with Crippen LogP contribution >= 0.6 is 0 Å². The van der Waals surface area contributed by atoms with Gasteiger partial charge in [-0.3, -0.25) is 9.59 Å². The third-order valence-corrected chi connectivity index (χ3v) is 4.73. The molecule has 1 aliphatic heterocycles. The SMILES string of the molecule is COc1ccc(CN2C(=O)COC[C@H]2C(=O)Nc2ccc(F)c(C)c2)cc1OC. The minimum atomic E-state index is -0.810. The molecular weight excluding hydrogens is 379 g/mol. The Balaban J connectivity index is 1.79. The van der Waals surface area contributed by atoms with Crippen LogP contribution in [0.3, 0.4) is 0 Å². The predicted molar refractivity (Wildman–Crippen MR) is 104 cm³/mol. The second-order valence-electron chi connectivity index (χ2n) is 6.70. The van der Waals surface area contributed by atoms with Crippen LogP contribution in [0.1, 0.15) is 11.1 Å². The second-order valence-corrected chi connectivity index (χ2v) is 6.70. The minimum Gasteiger partial charge on any atom is -0.493 e. The highest BCUT2D eigenvalue weighted by Gasteiger charge is 2.34. The van der Waals surface area contributed by atoms with Crippen molar-refractivity contribution in [1.82, 2.24) is 4.90 Å². The molecule has 1 aliphatic rings. The van der Waals surface area contributed by atoms with Gasteiger partial charge in [-0.1, -0.05) is 6.07 Å². The van der Waals surface area contributed by atoms with Crippen LogP contribution < -0.4 is 14.8 Å². The summed E-state index contributed by atoms with van der Waals surface area (Å²) in [6.45, 7) is 1.81. The molecular formula is C21H23FN2O5. The lowest BCUT2D eigenvalue weighted by atomic mass is 10.1. The topological polar surface area (TPSA) is 77.1 Å². The lowest BCUT2D eigenvalue weighted by Crippen LogP contribution is -2.54. The molecule has 0 aliphatic carbocycles. The number of rotatable bonds is 6. The lowest BCUT2D eigenvalue weighted by molar-refractivity contribution is -0.154. The summed E-state index contributed by atoms with van der Waals surface area (Å²) in [5, 5.41) is 2.73. The van der Waals surface area contributed by atoms with Crippen molar-refractivity contribution in [2.45, 2.75) is 19.5 Å². The zero-order valence-corrected chi connectivity index (χ0v) is 16.5. The number of nitrogens with one attached hydrogen (secondary N) is 1. The van der Waals surface area contributed by atoms with Crippen molar-refractivity contribution in [1.29, 1.82) is 0 Å². The summed E-state index contributed by atoms with van der Waals surface area (Å²) in [5.41, 5.74) is 1.66. The highest BCUT2D eigenvalue weighted by molar-refractivity contribution is 5.98. The molecule has 7 nitrogen and oxygen atoms in total. The maximum atomic E-state index is 13.5. The molecule has 1 saturated heterocycles. The van der Waals surface area contributed by atoms with E-state index in [0.717, 1.165) is 5.56 Å². The molecule has 2 aromatic rings. The van der Waals surface area contributed by atoms with Gasteiger partial charge >= 0.3 is 0 Å². The van der Waals surface area contributed by atoms with Gasteiger partial charge < -0.3 is 24.4 Å². The molecule has 1 N–H and O–H groups in total. The van der Waals surface area contributed by atoms with Crippen molar-refractivity contribution in [3.63, 3.8) is 0 Å². The summed E-state index contributed by atoms with van der Waals surface area (Å²) in [6.07, 6.45) is 0. The van der Waals surface area contributed by atoms with Crippen LogP contribution in [-0.2, 0) is 20.9 Å². The van der Waals surface area contributed by atoms with E-state index in [9.17, 15) is 14.0 Å². The van der Waals surface area contributed by atoms with E-state index in [1.807, 2.05) is 6.07 Å². The highest BCUT2D eigenvalue weighted by Crippen LogP contribution is 2.28. The quantitative estimate of drug-likeness (QED) is 0.804. The number of halogens is 1. The number of amides is 2. The first-order chi connectivity index (χ1) is 13.9. The van der Waals surface area contributed by atoms with E-state index < -0.39 is 11.9 Å². The molecule has 8 heteroatoms. The van der Waals surface area contributed by atoms with Gasteiger partial charge in [-0.15, -0.1) is 0 Å². The van der Waals surface area contributed by atoms with Crippen molar-refractivity contribution < 1.29 is 28.2 Å². The van der Waals surface area contributed by atoms with Gasteiger partial charge in [0, 0.05) is 12.2 Å². The van der Waals surface area contributed by atoms with Crippen LogP contribution in [-0.4, -0.2) is 50.2 Å². The average molecular weight is 402 g/mol. The number of hydrogen-bond donors (Lipinski definition) is 1. The van der Waals surface area contributed by atoms with Gasteiger partial charge in [0.15, 0.2) is 11.5 Å². The Kier molecular flexibility index (Phi) is 6.33. The number of carbonyl (C=O) groups is 2. The number of benzene rings is 2. The summed E-state index contributed by atoms with van der Waals surface area (Å²) in [4.78, 5) is 26.7. The van der Waals surface area contributed by atoms with E-state index in [0.29, 0.717) is 22.7 Å². The van der Waals surface area contributed by atoms with Gasteiger partial charge in [0.05, 0.1) is 20.8 Å². The monoisotopic (exact) mass is 402 g/mol. The van der Waals surface area contributed by atoms with Gasteiger partial charge in [-0.25, -0.2) is 4.39 Å². The summed E-state index contributed by atoms with van der Waals surface area (Å²) < 4.78 is 29.3. The fourth-order valence-corrected chi connectivity index (χ4v) is 3.14. The van der Waals surface area contributed by atoms with Crippen LogP contribution in [0.4, 0.5) is 10.1 Å². The summed E-state index contributed by atoms with van der Waals surface area (Å²) >= 11 is 0. The Hall–Kier alpha value is -3.13. The first kappa shape index (κ1) is 20.6. The van der Waals surface area contributed by atoms with Crippen molar-refractivity contribution in [2.75, 3.05) is 32.8 Å². The smallest absolute Gasteiger partial charge is 0.249 e. The van der Waals surface area contributed by atoms with E-state index in [-0.39, 0.29) is 31.5 Å². The molecule has 154 valence electrons. The number of methoxy groups -OCH3 is 2. The second kappa shape index (κ2) is 8.91. The van der Waals surface area contributed by atoms with Crippen LogP contribution in [0.15, 0.2) is 36.4 Å². The van der Waals surface area contributed by atoms with Crippen molar-refractivity contribution in [3.8, 4) is 11.5 Å². The van der Waals surface area contributed by atoms with Crippen LogP contribution in [0.5, 0.6) is 11.5 Å². The molecule has 2 aromatic carbocycles. The Morgan fingerprint density at radius 1 is 1.21 bits per heavy atom. The Bertz CT molecular complexity index is 918. The number of carbonyl (C=O) groups excluding carboxylic acids is 2. The van der Waals surface area contributed by atoms with Gasteiger partial charge in [0.1, 0.15) is 18.5 Å². The Labute approximate surface area is 168 Å². The van der Waals surface area contributed by atoms with Crippen LogP contribution in [0.2, 0.25) is 0 Å². The van der Waals surface area contributed by atoms with Crippen molar-refractivity contribution in [3.05, 3.63) is 53.3 Å². The number of anilines is 1. The first-order valence-electron chi connectivity index (χ1n) is 9.08. The zero-order chi connectivity index (χ0) is 21.0. The maximum Gasteiger partial charge on any atom is 0.249 e. The van der Waals surface area contributed by atoms with Gasteiger partial charge in [-0.05, 0) is 48.4 Å². The molecule has 1 heterocycles. The summed E-state index contributed by atoms with van der Waals surface area (Å²) in [7, 11) is 3.07. The molecule has 0 unspecified atom stereocenters. The van der Waals surface area contributed by atoms with Crippen LogP contribution in [0.25, 0.3) is 0 Å². The molecule has 0 aromatic heterocycles. The number of nitrogens with zero attached hydrogens (tertiary/aromatic N) is 1. The lowest BCUT2D eigenvalue weighted by Gasteiger charge is -2.34. The number of morpholine rings is 1. The largest absolute Gasteiger partial charge is 0.493 e. The fourth-order valence-electron chi connectivity index (χ4n) is 3.14. The van der Waals surface area contributed by atoms with Gasteiger partial charge in [0.2, 0.25) is 11.8 Å².